The van der Waals surface area contributed by atoms with Gasteiger partial charge < -0.3 is 0 Å². The molecule has 2 heterocycles. The van der Waals surface area contributed by atoms with Gasteiger partial charge in [0.2, 0.25) is 0 Å². The monoisotopic (exact) mass is 534 g/mol. The van der Waals surface area contributed by atoms with Crippen molar-refractivity contribution in [3.8, 4) is 33.4 Å². The lowest BCUT2D eigenvalue weighted by atomic mass is 9.93. The van der Waals surface area contributed by atoms with E-state index in [0.29, 0.717) is 5.92 Å². The van der Waals surface area contributed by atoms with Crippen LogP contribution >= 0.6 is 22.7 Å². The first-order valence-corrected chi connectivity index (χ1v) is 15.2. The summed E-state index contributed by atoms with van der Waals surface area (Å²) >= 11 is 3.87. The van der Waals surface area contributed by atoms with Crippen molar-refractivity contribution in [1.82, 2.24) is 0 Å². The van der Waals surface area contributed by atoms with Gasteiger partial charge in [0.1, 0.15) is 0 Å². The molecule has 8 rings (SSSR count). The summed E-state index contributed by atoms with van der Waals surface area (Å²) in [4.78, 5) is 1.52. The number of allylic oxidation sites excluding steroid dienone is 1. The Hall–Kier alpha value is -3.98. The smallest absolute Gasteiger partial charge is 0.0433 e. The maximum absolute atomic E-state index is 2.37. The first-order valence-electron chi connectivity index (χ1n) is 13.6. The molecule has 0 spiro atoms. The molecule has 0 amide bonds. The van der Waals surface area contributed by atoms with Gasteiger partial charge in [-0.1, -0.05) is 110 Å². The quantitative estimate of drug-likeness (QED) is 0.211. The van der Waals surface area contributed by atoms with Crippen LogP contribution in [-0.2, 0) is 6.42 Å². The first-order chi connectivity index (χ1) is 19.2. The Labute approximate surface area is 236 Å². The van der Waals surface area contributed by atoms with Crippen LogP contribution in [-0.4, -0.2) is 0 Å². The first kappa shape index (κ1) is 23.0. The van der Waals surface area contributed by atoms with Gasteiger partial charge in [0.15, 0.2) is 0 Å². The minimum atomic E-state index is 0.614. The largest absolute Gasteiger partial charge is 0.139 e. The second-order valence-corrected chi connectivity index (χ2v) is 12.8. The van der Waals surface area contributed by atoms with Crippen molar-refractivity contribution in [2.45, 2.75) is 13.3 Å². The van der Waals surface area contributed by atoms with E-state index in [-0.39, 0.29) is 0 Å². The molecule has 5 aromatic carbocycles. The predicted molar refractivity (Wildman–Crippen MR) is 173 cm³/mol. The van der Waals surface area contributed by atoms with E-state index in [2.05, 4.69) is 128 Å². The van der Waals surface area contributed by atoms with Gasteiger partial charge in [-0.05, 0) is 69.5 Å². The third-order valence-corrected chi connectivity index (χ3v) is 10.5. The molecule has 0 N–H and O–H groups in total. The normalized spacial score (nSPS) is 14.8. The second-order valence-electron chi connectivity index (χ2n) is 10.6. The van der Waals surface area contributed by atoms with Crippen LogP contribution in [0.5, 0.6) is 0 Å². The zero-order chi connectivity index (χ0) is 25.9. The molecule has 39 heavy (non-hydrogen) atoms. The van der Waals surface area contributed by atoms with E-state index in [0.717, 1.165) is 6.42 Å². The van der Waals surface area contributed by atoms with Gasteiger partial charge in [-0.25, -0.2) is 0 Å². The van der Waals surface area contributed by atoms with Gasteiger partial charge in [0.05, 0.1) is 0 Å². The van der Waals surface area contributed by atoms with E-state index in [1.165, 1.54) is 74.1 Å². The number of hydrogen-bond donors (Lipinski definition) is 0. The maximum Gasteiger partial charge on any atom is 0.0433 e. The summed E-state index contributed by atoms with van der Waals surface area (Å²) in [5.74, 6) is 0.614. The molecule has 7 aromatic rings. The lowest BCUT2D eigenvalue weighted by molar-refractivity contribution is 0.728. The van der Waals surface area contributed by atoms with Crippen LogP contribution in [0.15, 0.2) is 115 Å². The van der Waals surface area contributed by atoms with Gasteiger partial charge in [-0.3, -0.25) is 0 Å². The zero-order valence-corrected chi connectivity index (χ0v) is 23.3. The van der Waals surface area contributed by atoms with Crippen LogP contribution < -0.4 is 0 Å². The van der Waals surface area contributed by atoms with Crippen LogP contribution in [0.3, 0.4) is 0 Å². The van der Waals surface area contributed by atoms with E-state index < -0.39 is 0 Å². The number of benzene rings is 5. The van der Waals surface area contributed by atoms with Gasteiger partial charge in [-0.2, -0.15) is 0 Å². The van der Waals surface area contributed by atoms with Crippen LogP contribution in [0, 0.1) is 5.92 Å². The van der Waals surface area contributed by atoms with Crippen molar-refractivity contribution in [2.75, 3.05) is 0 Å². The van der Waals surface area contributed by atoms with E-state index >= 15 is 0 Å². The standard InChI is InChI=1S/C37H26S2/c1-23-18-19-31-33-16-7-14-29(37(33)39-35(31)20-23)27-11-5-9-25(22-27)24-8-4-10-26(21-24)28-13-6-15-32-30-12-2-3-17-34(30)38-36(28)32/h2-19,21-23H,20H2,1H3. The highest BCUT2D eigenvalue weighted by atomic mass is 32.1. The average molecular weight is 535 g/mol. The summed E-state index contributed by atoms with van der Waals surface area (Å²) in [7, 11) is 0. The molecule has 0 aliphatic heterocycles. The van der Waals surface area contributed by atoms with Crippen molar-refractivity contribution >= 4 is 59.0 Å². The summed E-state index contributed by atoms with van der Waals surface area (Å²) in [5, 5.41) is 4.08. The van der Waals surface area contributed by atoms with Crippen molar-refractivity contribution in [3.05, 3.63) is 126 Å². The van der Waals surface area contributed by atoms with E-state index in [1.807, 2.05) is 22.7 Å². The molecular weight excluding hydrogens is 509 g/mol. The predicted octanol–water partition coefficient (Wildman–Crippen LogP) is 11.5. The molecule has 2 heteroatoms. The van der Waals surface area contributed by atoms with Gasteiger partial charge >= 0.3 is 0 Å². The average Bonchev–Trinajstić information content (AvgIpc) is 3.55. The molecule has 0 nitrogen and oxygen atoms in total. The third kappa shape index (κ3) is 3.78. The van der Waals surface area contributed by atoms with Crippen molar-refractivity contribution in [1.29, 1.82) is 0 Å². The van der Waals surface area contributed by atoms with Crippen molar-refractivity contribution < 1.29 is 0 Å². The molecule has 0 radical (unpaired) electrons. The lowest BCUT2D eigenvalue weighted by Gasteiger charge is -2.11. The minimum Gasteiger partial charge on any atom is -0.139 e. The van der Waals surface area contributed by atoms with Crippen LogP contribution in [0.1, 0.15) is 17.4 Å². The highest BCUT2D eigenvalue weighted by Crippen LogP contribution is 2.43. The molecule has 0 saturated heterocycles. The molecular formula is C37H26S2. The molecule has 0 bridgehead atoms. The Morgan fingerprint density at radius 1 is 0.564 bits per heavy atom. The molecule has 1 aliphatic rings. The van der Waals surface area contributed by atoms with Crippen LogP contribution in [0.2, 0.25) is 0 Å². The number of rotatable bonds is 3. The van der Waals surface area contributed by atoms with Gasteiger partial charge in [-0.15, -0.1) is 22.7 Å². The Balaban J connectivity index is 1.23. The topological polar surface area (TPSA) is 0 Å². The summed E-state index contributed by atoms with van der Waals surface area (Å²) in [6.45, 7) is 2.31. The zero-order valence-electron chi connectivity index (χ0n) is 21.6. The SMILES string of the molecule is CC1C=Cc2c(sc3c(-c4cccc(-c5cccc(-c6cccc7c6sc6ccccc67)c5)c4)cccc23)C1. The summed E-state index contributed by atoms with van der Waals surface area (Å²) in [5.41, 5.74) is 9.12. The van der Waals surface area contributed by atoms with Crippen LogP contribution in [0.25, 0.3) is 69.7 Å². The highest BCUT2D eigenvalue weighted by Gasteiger charge is 2.18. The maximum atomic E-state index is 2.37. The fourth-order valence-corrected chi connectivity index (χ4v) is 8.78. The Morgan fingerprint density at radius 2 is 1.15 bits per heavy atom. The molecule has 186 valence electrons. The van der Waals surface area contributed by atoms with E-state index in [1.54, 1.807) is 0 Å². The molecule has 1 unspecified atom stereocenters. The van der Waals surface area contributed by atoms with Crippen LogP contribution in [0.4, 0.5) is 0 Å². The fourth-order valence-electron chi connectivity index (χ4n) is 6.08. The second kappa shape index (κ2) is 9.05. The summed E-state index contributed by atoms with van der Waals surface area (Å²) in [6.07, 6.45) is 5.84. The fraction of sp³-hybridized carbons (Fsp3) is 0.0811. The highest BCUT2D eigenvalue weighted by molar-refractivity contribution is 7.26. The summed E-state index contributed by atoms with van der Waals surface area (Å²) < 4.78 is 4.11. The molecule has 1 aliphatic carbocycles. The van der Waals surface area contributed by atoms with Crippen molar-refractivity contribution in [3.63, 3.8) is 0 Å². The number of hydrogen-bond acceptors (Lipinski definition) is 2. The minimum absolute atomic E-state index is 0.614. The molecule has 2 aromatic heterocycles. The molecule has 1 atom stereocenters. The van der Waals surface area contributed by atoms with E-state index in [9.17, 15) is 0 Å². The Bertz CT molecular complexity index is 2070. The summed E-state index contributed by atoms with van der Waals surface area (Å²) in [6, 6.07) is 40.4. The Kier molecular flexibility index (Phi) is 5.33. The van der Waals surface area contributed by atoms with Gasteiger partial charge in [0.25, 0.3) is 0 Å². The van der Waals surface area contributed by atoms with E-state index in [4.69, 9.17) is 0 Å². The Morgan fingerprint density at radius 3 is 1.90 bits per heavy atom. The van der Waals surface area contributed by atoms with Gasteiger partial charge in [0, 0.05) is 35.1 Å². The van der Waals surface area contributed by atoms with Crippen molar-refractivity contribution in [2.24, 2.45) is 5.92 Å². The lowest BCUT2D eigenvalue weighted by Crippen LogP contribution is -1.99. The number of fused-ring (bicyclic) bond motifs is 6. The molecule has 0 saturated carbocycles. The number of thiophene rings is 2. The molecule has 0 fully saturated rings. The third-order valence-electron chi connectivity index (χ3n) is 8.01.